The van der Waals surface area contributed by atoms with Crippen LogP contribution >= 0.6 is 0 Å². The van der Waals surface area contributed by atoms with Crippen molar-refractivity contribution in [2.75, 3.05) is 0 Å². The average Bonchev–Trinajstić information content (AvgIpc) is 3.23. The minimum atomic E-state index is -0.980. The van der Waals surface area contributed by atoms with E-state index < -0.39 is 35.1 Å². The molecule has 1 atom stereocenters. The fourth-order valence-electron chi connectivity index (χ4n) is 3.56. The predicted octanol–water partition coefficient (Wildman–Crippen LogP) is 3.75. The minimum Gasteiger partial charge on any atom is -0.474 e. The molecular formula is C23H27F2N3O3. The first-order valence-electron chi connectivity index (χ1n) is 10.5. The Hall–Kier alpha value is -3.03. The van der Waals surface area contributed by atoms with Gasteiger partial charge in [0.25, 0.3) is 5.91 Å². The van der Waals surface area contributed by atoms with Crippen LogP contribution in [0.5, 0.6) is 5.88 Å². The largest absolute Gasteiger partial charge is 0.474 e. The van der Waals surface area contributed by atoms with Crippen molar-refractivity contribution in [2.45, 2.75) is 58.2 Å². The van der Waals surface area contributed by atoms with Crippen molar-refractivity contribution in [3.8, 4) is 5.88 Å². The standard InChI is InChI=1S/C23H27F2N3O3/c1-14(2)21(28-22(29)20-17(24)8-5-9-18(20)25)23(30)27-13-15-10-11-26-19(12-15)31-16-6-3-4-7-16/h5,8-12,14,16,21H,3-4,6-7,13H2,1-2H3,(H,27,30)(H,28,29). The number of hydrogen-bond donors (Lipinski definition) is 2. The maximum Gasteiger partial charge on any atom is 0.257 e. The van der Waals surface area contributed by atoms with Gasteiger partial charge in [-0.05, 0) is 55.4 Å². The summed E-state index contributed by atoms with van der Waals surface area (Å²) in [6.45, 7) is 3.68. The molecule has 166 valence electrons. The normalized spacial score (nSPS) is 15.0. The number of nitrogens with zero attached hydrogens (tertiary/aromatic N) is 1. The molecule has 2 N–H and O–H groups in total. The Bertz CT molecular complexity index is 910. The lowest BCUT2D eigenvalue weighted by Crippen LogP contribution is -2.49. The number of aromatic nitrogens is 1. The molecule has 0 radical (unpaired) electrons. The summed E-state index contributed by atoms with van der Waals surface area (Å²) in [6.07, 6.45) is 6.13. The number of rotatable bonds is 8. The van der Waals surface area contributed by atoms with E-state index in [2.05, 4.69) is 15.6 Å². The van der Waals surface area contributed by atoms with Crippen LogP contribution in [0, 0.1) is 17.6 Å². The van der Waals surface area contributed by atoms with E-state index in [4.69, 9.17) is 4.74 Å². The zero-order valence-corrected chi connectivity index (χ0v) is 17.7. The number of halogens is 2. The molecule has 3 rings (SSSR count). The summed E-state index contributed by atoms with van der Waals surface area (Å²) in [5, 5.41) is 5.20. The summed E-state index contributed by atoms with van der Waals surface area (Å²) >= 11 is 0. The summed E-state index contributed by atoms with van der Waals surface area (Å²) in [7, 11) is 0. The van der Waals surface area contributed by atoms with E-state index in [1.165, 1.54) is 6.07 Å². The zero-order chi connectivity index (χ0) is 22.4. The van der Waals surface area contributed by atoms with Crippen molar-refractivity contribution in [2.24, 2.45) is 5.92 Å². The van der Waals surface area contributed by atoms with Crippen molar-refractivity contribution in [3.63, 3.8) is 0 Å². The molecule has 0 spiro atoms. The highest BCUT2D eigenvalue weighted by Gasteiger charge is 2.27. The maximum absolute atomic E-state index is 13.9. The third-order valence-electron chi connectivity index (χ3n) is 5.28. The Labute approximate surface area is 180 Å². The molecule has 1 aromatic heterocycles. The third kappa shape index (κ3) is 5.99. The number of nitrogens with one attached hydrogen (secondary N) is 2. The molecule has 2 aromatic rings. The molecule has 8 heteroatoms. The highest BCUT2D eigenvalue weighted by molar-refractivity contribution is 5.98. The van der Waals surface area contributed by atoms with Crippen LogP contribution in [0.4, 0.5) is 8.78 Å². The number of hydrogen-bond acceptors (Lipinski definition) is 4. The molecule has 0 aliphatic heterocycles. The number of pyridine rings is 1. The van der Waals surface area contributed by atoms with Crippen LogP contribution in [-0.2, 0) is 11.3 Å². The molecule has 2 amide bonds. The predicted molar refractivity (Wildman–Crippen MR) is 111 cm³/mol. The fourth-order valence-corrected chi connectivity index (χ4v) is 3.56. The zero-order valence-electron chi connectivity index (χ0n) is 17.7. The van der Waals surface area contributed by atoms with Gasteiger partial charge >= 0.3 is 0 Å². The van der Waals surface area contributed by atoms with Crippen molar-refractivity contribution >= 4 is 11.8 Å². The van der Waals surface area contributed by atoms with Gasteiger partial charge in [0.05, 0.1) is 0 Å². The van der Waals surface area contributed by atoms with E-state index >= 15 is 0 Å². The monoisotopic (exact) mass is 431 g/mol. The van der Waals surface area contributed by atoms with E-state index in [-0.39, 0.29) is 18.6 Å². The fraction of sp³-hybridized carbons (Fsp3) is 0.435. The number of carbonyl (C=O) groups excluding carboxylic acids is 2. The molecule has 1 aliphatic carbocycles. The number of carbonyl (C=O) groups is 2. The molecule has 0 saturated heterocycles. The molecule has 1 unspecified atom stereocenters. The first kappa shape index (κ1) is 22.7. The summed E-state index contributed by atoms with van der Waals surface area (Å²) in [6, 6.07) is 5.75. The Kier molecular flexibility index (Phi) is 7.55. The lowest BCUT2D eigenvalue weighted by Gasteiger charge is -2.22. The van der Waals surface area contributed by atoms with Gasteiger partial charge in [-0.15, -0.1) is 0 Å². The first-order chi connectivity index (χ1) is 14.8. The molecule has 1 saturated carbocycles. The summed E-state index contributed by atoms with van der Waals surface area (Å²) in [5.74, 6) is -3.16. The topological polar surface area (TPSA) is 80.3 Å². The number of benzene rings is 1. The van der Waals surface area contributed by atoms with Crippen LogP contribution in [0.1, 0.15) is 55.5 Å². The van der Waals surface area contributed by atoms with Gasteiger partial charge in [0.1, 0.15) is 29.3 Å². The Balaban J connectivity index is 1.61. The van der Waals surface area contributed by atoms with Gasteiger partial charge in [0, 0.05) is 18.8 Å². The third-order valence-corrected chi connectivity index (χ3v) is 5.28. The van der Waals surface area contributed by atoms with Gasteiger partial charge < -0.3 is 15.4 Å². The summed E-state index contributed by atoms with van der Waals surface area (Å²) in [5.41, 5.74) is 0.0918. The Morgan fingerprint density at radius 1 is 1.16 bits per heavy atom. The van der Waals surface area contributed by atoms with E-state index in [0.717, 1.165) is 43.4 Å². The van der Waals surface area contributed by atoms with E-state index in [9.17, 15) is 18.4 Å². The first-order valence-corrected chi connectivity index (χ1v) is 10.5. The van der Waals surface area contributed by atoms with Crippen molar-refractivity contribution < 1.29 is 23.1 Å². The Morgan fingerprint density at radius 3 is 2.48 bits per heavy atom. The number of ether oxygens (including phenoxy) is 1. The van der Waals surface area contributed by atoms with Gasteiger partial charge in [-0.1, -0.05) is 19.9 Å². The van der Waals surface area contributed by atoms with Crippen LogP contribution in [0.25, 0.3) is 0 Å². The van der Waals surface area contributed by atoms with Crippen molar-refractivity contribution in [3.05, 3.63) is 59.3 Å². The van der Waals surface area contributed by atoms with Crippen LogP contribution in [-0.4, -0.2) is 28.9 Å². The van der Waals surface area contributed by atoms with Crippen LogP contribution in [0.3, 0.4) is 0 Å². The van der Waals surface area contributed by atoms with E-state index in [1.807, 2.05) is 0 Å². The quantitative estimate of drug-likeness (QED) is 0.667. The highest BCUT2D eigenvalue weighted by atomic mass is 19.1. The molecule has 1 aromatic carbocycles. The molecule has 1 fully saturated rings. The molecule has 1 aliphatic rings. The van der Waals surface area contributed by atoms with Crippen molar-refractivity contribution in [1.29, 1.82) is 0 Å². The van der Waals surface area contributed by atoms with Gasteiger partial charge in [-0.3, -0.25) is 9.59 Å². The highest BCUT2D eigenvalue weighted by Crippen LogP contribution is 2.23. The second kappa shape index (κ2) is 10.3. The lowest BCUT2D eigenvalue weighted by atomic mass is 10.0. The van der Waals surface area contributed by atoms with Gasteiger partial charge in [0.2, 0.25) is 11.8 Å². The molecule has 1 heterocycles. The van der Waals surface area contributed by atoms with Gasteiger partial charge in [-0.25, -0.2) is 13.8 Å². The second-order valence-corrected chi connectivity index (χ2v) is 8.04. The summed E-state index contributed by atoms with van der Waals surface area (Å²) in [4.78, 5) is 29.3. The molecule has 31 heavy (non-hydrogen) atoms. The maximum atomic E-state index is 13.9. The average molecular weight is 431 g/mol. The SMILES string of the molecule is CC(C)C(NC(=O)c1c(F)cccc1F)C(=O)NCc1ccnc(OC2CCCC2)c1. The van der Waals surface area contributed by atoms with Crippen LogP contribution < -0.4 is 15.4 Å². The minimum absolute atomic E-state index is 0.177. The van der Waals surface area contributed by atoms with E-state index in [1.54, 1.807) is 32.2 Å². The van der Waals surface area contributed by atoms with E-state index in [0.29, 0.717) is 5.88 Å². The summed E-state index contributed by atoms with van der Waals surface area (Å²) < 4.78 is 33.7. The van der Waals surface area contributed by atoms with Gasteiger partial charge in [0.15, 0.2) is 0 Å². The van der Waals surface area contributed by atoms with Crippen LogP contribution in [0.2, 0.25) is 0 Å². The molecule has 6 nitrogen and oxygen atoms in total. The van der Waals surface area contributed by atoms with Gasteiger partial charge in [-0.2, -0.15) is 0 Å². The second-order valence-electron chi connectivity index (χ2n) is 8.04. The lowest BCUT2D eigenvalue weighted by molar-refractivity contribution is -0.124. The Morgan fingerprint density at radius 2 is 1.84 bits per heavy atom. The van der Waals surface area contributed by atoms with Crippen molar-refractivity contribution in [1.82, 2.24) is 15.6 Å². The number of amides is 2. The van der Waals surface area contributed by atoms with Crippen LogP contribution in [0.15, 0.2) is 36.5 Å². The molecular weight excluding hydrogens is 404 g/mol. The smallest absolute Gasteiger partial charge is 0.257 e. The molecule has 0 bridgehead atoms.